The Morgan fingerprint density at radius 3 is 2.59 bits per heavy atom. The van der Waals surface area contributed by atoms with E-state index in [0.29, 0.717) is 10.1 Å². The Morgan fingerprint density at radius 1 is 1.29 bits per heavy atom. The summed E-state index contributed by atoms with van der Waals surface area (Å²) >= 11 is 1.20. The third kappa shape index (κ3) is 3.01. The van der Waals surface area contributed by atoms with E-state index in [0.717, 1.165) is 5.56 Å². The molecule has 0 fully saturated rings. The van der Waals surface area contributed by atoms with Crippen LogP contribution < -0.4 is 5.73 Å². The van der Waals surface area contributed by atoms with Crippen LogP contribution in [0, 0.1) is 5.82 Å². The lowest BCUT2D eigenvalue weighted by molar-refractivity contribution is 0.596. The Kier molecular flexibility index (Phi) is 3.71. The van der Waals surface area contributed by atoms with E-state index in [2.05, 4.69) is 9.97 Å². The van der Waals surface area contributed by atoms with Crippen LogP contribution in [0.2, 0.25) is 0 Å². The Balaban J connectivity index is 2.23. The molecule has 2 N–H and O–H groups in total. The van der Waals surface area contributed by atoms with E-state index in [-0.39, 0.29) is 11.9 Å². The molecule has 0 amide bonds. The van der Waals surface area contributed by atoms with Gasteiger partial charge in [-0.1, -0.05) is 6.07 Å². The van der Waals surface area contributed by atoms with Crippen molar-refractivity contribution in [1.82, 2.24) is 9.97 Å². The Labute approximate surface area is 103 Å². The molecule has 88 valence electrons. The van der Waals surface area contributed by atoms with Crippen molar-refractivity contribution in [1.29, 1.82) is 0 Å². The van der Waals surface area contributed by atoms with Crippen LogP contribution in [0.5, 0.6) is 0 Å². The Morgan fingerprint density at radius 2 is 2.00 bits per heavy atom. The summed E-state index contributed by atoms with van der Waals surface area (Å²) in [6, 6.07) is 6.53. The van der Waals surface area contributed by atoms with Crippen molar-refractivity contribution in [3.8, 4) is 0 Å². The van der Waals surface area contributed by atoms with Crippen molar-refractivity contribution in [2.24, 2.45) is 5.73 Å². The van der Waals surface area contributed by atoms with E-state index in [1.165, 1.54) is 17.8 Å². The average Bonchev–Trinajstić information content (AvgIpc) is 2.33. The lowest BCUT2D eigenvalue weighted by Crippen LogP contribution is -2.05. The second-order valence-electron chi connectivity index (χ2n) is 3.61. The van der Waals surface area contributed by atoms with E-state index in [4.69, 9.17) is 5.73 Å². The molecule has 0 radical (unpaired) electrons. The van der Waals surface area contributed by atoms with E-state index in [1.54, 1.807) is 24.5 Å². The van der Waals surface area contributed by atoms with E-state index >= 15 is 0 Å². The van der Waals surface area contributed by atoms with Crippen molar-refractivity contribution in [2.75, 3.05) is 0 Å². The minimum absolute atomic E-state index is 0.170. The number of halogens is 1. The molecule has 0 unspecified atom stereocenters. The van der Waals surface area contributed by atoms with Crippen LogP contribution in [-0.4, -0.2) is 9.97 Å². The van der Waals surface area contributed by atoms with Crippen molar-refractivity contribution >= 4 is 11.8 Å². The van der Waals surface area contributed by atoms with Crippen LogP contribution >= 0.6 is 11.8 Å². The van der Waals surface area contributed by atoms with Gasteiger partial charge in [-0.3, -0.25) is 0 Å². The van der Waals surface area contributed by atoms with Gasteiger partial charge >= 0.3 is 0 Å². The first-order valence-corrected chi connectivity index (χ1v) is 5.98. The Bertz CT molecular complexity index is 502. The monoisotopic (exact) mass is 249 g/mol. The van der Waals surface area contributed by atoms with Gasteiger partial charge in [-0.05, 0) is 42.4 Å². The van der Waals surface area contributed by atoms with Crippen LogP contribution in [0.1, 0.15) is 18.5 Å². The minimum atomic E-state index is -0.294. The third-order valence-electron chi connectivity index (χ3n) is 2.23. The van der Waals surface area contributed by atoms with Gasteiger partial charge in [-0.25, -0.2) is 14.4 Å². The minimum Gasteiger partial charge on any atom is -0.324 e. The van der Waals surface area contributed by atoms with Gasteiger partial charge in [0.15, 0.2) is 5.16 Å². The lowest BCUT2D eigenvalue weighted by atomic mass is 10.1. The molecule has 1 atom stereocenters. The molecule has 1 heterocycles. The van der Waals surface area contributed by atoms with Gasteiger partial charge in [0.2, 0.25) is 0 Å². The molecular formula is C12H12FN3S. The summed E-state index contributed by atoms with van der Waals surface area (Å²) in [5, 5.41) is 0.528. The highest BCUT2D eigenvalue weighted by Gasteiger charge is 2.08. The fraction of sp³-hybridized carbons (Fsp3) is 0.167. The quantitative estimate of drug-likeness (QED) is 0.850. The van der Waals surface area contributed by atoms with Crippen molar-refractivity contribution in [3.63, 3.8) is 0 Å². The van der Waals surface area contributed by atoms with E-state index in [1.807, 2.05) is 13.0 Å². The summed E-state index contributed by atoms with van der Waals surface area (Å²) in [6.45, 7) is 1.82. The number of hydrogen-bond donors (Lipinski definition) is 1. The summed E-state index contributed by atoms with van der Waals surface area (Å²) in [6.07, 6.45) is 3.26. The van der Waals surface area contributed by atoms with Crippen LogP contribution in [0.15, 0.2) is 46.7 Å². The van der Waals surface area contributed by atoms with Crippen LogP contribution in [0.25, 0.3) is 0 Å². The number of aromatic nitrogens is 2. The second-order valence-corrected chi connectivity index (χ2v) is 4.62. The number of nitrogens with zero attached hydrogens (tertiary/aromatic N) is 2. The van der Waals surface area contributed by atoms with Gasteiger partial charge in [-0.2, -0.15) is 0 Å². The molecule has 0 aliphatic heterocycles. The van der Waals surface area contributed by atoms with Gasteiger partial charge in [0.05, 0.1) is 4.90 Å². The second kappa shape index (κ2) is 5.25. The SMILES string of the molecule is C[C@@H](N)c1ccc(Sc2ncccn2)c(F)c1. The maximum Gasteiger partial charge on any atom is 0.192 e. The van der Waals surface area contributed by atoms with Crippen molar-refractivity contribution in [2.45, 2.75) is 23.0 Å². The van der Waals surface area contributed by atoms with Crippen LogP contribution in [-0.2, 0) is 0 Å². The van der Waals surface area contributed by atoms with Crippen molar-refractivity contribution < 1.29 is 4.39 Å². The van der Waals surface area contributed by atoms with Crippen LogP contribution in [0.3, 0.4) is 0 Å². The molecule has 1 aromatic carbocycles. The van der Waals surface area contributed by atoms with Gasteiger partial charge in [0.1, 0.15) is 5.82 Å². The first-order chi connectivity index (χ1) is 8.16. The summed E-state index contributed by atoms with van der Waals surface area (Å²) < 4.78 is 13.8. The predicted molar refractivity (Wildman–Crippen MR) is 65.2 cm³/mol. The fourth-order valence-corrected chi connectivity index (χ4v) is 2.04. The van der Waals surface area contributed by atoms with Gasteiger partial charge in [0.25, 0.3) is 0 Å². The number of benzene rings is 1. The molecule has 0 aliphatic rings. The summed E-state index contributed by atoms with van der Waals surface area (Å²) in [5.74, 6) is -0.294. The zero-order valence-corrected chi connectivity index (χ0v) is 10.1. The third-order valence-corrected chi connectivity index (χ3v) is 3.17. The lowest BCUT2D eigenvalue weighted by Gasteiger charge is -2.07. The number of hydrogen-bond acceptors (Lipinski definition) is 4. The van der Waals surface area contributed by atoms with E-state index in [9.17, 15) is 4.39 Å². The van der Waals surface area contributed by atoms with Crippen molar-refractivity contribution in [3.05, 3.63) is 48.0 Å². The highest BCUT2D eigenvalue weighted by Crippen LogP contribution is 2.28. The summed E-state index contributed by atoms with van der Waals surface area (Å²) in [4.78, 5) is 8.57. The molecule has 0 spiro atoms. The standard InChI is InChI=1S/C12H12FN3S/c1-8(14)9-3-4-11(10(13)7-9)17-12-15-5-2-6-16-12/h2-8H,14H2,1H3/t8-/m1/s1. The topological polar surface area (TPSA) is 51.8 Å². The first-order valence-electron chi connectivity index (χ1n) is 5.16. The molecule has 17 heavy (non-hydrogen) atoms. The molecular weight excluding hydrogens is 237 g/mol. The predicted octanol–water partition coefficient (Wildman–Crippen LogP) is 2.79. The smallest absolute Gasteiger partial charge is 0.192 e. The zero-order chi connectivity index (χ0) is 12.3. The highest BCUT2D eigenvalue weighted by atomic mass is 32.2. The van der Waals surface area contributed by atoms with E-state index < -0.39 is 0 Å². The maximum atomic E-state index is 13.8. The molecule has 0 bridgehead atoms. The fourth-order valence-electron chi connectivity index (χ4n) is 1.32. The molecule has 1 aromatic heterocycles. The van der Waals surface area contributed by atoms with Gasteiger partial charge < -0.3 is 5.73 Å². The Hall–Kier alpha value is -1.46. The highest BCUT2D eigenvalue weighted by molar-refractivity contribution is 7.99. The first kappa shape index (κ1) is 12.0. The molecule has 3 nitrogen and oxygen atoms in total. The zero-order valence-electron chi connectivity index (χ0n) is 9.30. The molecule has 0 saturated heterocycles. The summed E-state index contributed by atoms with van der Waals surface area (Å²) in [5.41, 5.74) is 6.47. The number of nitrogens with two attached hydrogens (primary N) is 1. The largest absolute Gasteiger partial charge is 0.324 e. The average molecular weight is 249 g/mol. The van der Waals surface area contributed by atoms with Gasteiger partial charge in [0, 0.05) is 18.4 Å². The maximum absolute atomic E-state index is 13.8. The number of rotatable bonds is 3. The van der Waals surface area contributed by atoms with Gasteiger partial charge in [-0.15, -0.1) is 0 Å². The molecule has 2 rings (SSSR count). The molecule has 0 aliphatic carbocycles. The van der Waals surface area contributed by atoms with Crippen LogP contribution in [0.4, 0.5) is 4.39 Å². The normalized spacial score (nSPS) is 12.4. The summed E-state index contributed by atoms with van der Waals surface area (Å²) in [7, 11) is 0. The molecule has 2 aromatic rings. The molecule has 5 heteroatoms. The molecule has 0 saturated carbocycles.